The third-order valence-corrected chi connectivity index (χ3v) is 3.45. The SMILES string of the molecule is CNC(C1=COCCC1)c1c(C)cccc1C. The standard InChI is InChI=1S/C15H21NO/c1-11-6-4-7-12(2)14(11)15(16-3)13-8-5-9-17-10-13/h4,6-7,10,15-16H,5,8-9H2,1-3H3. The van der Waals surface area contributed by atoms with Gasteiger partial charge in [-0.05, 0) is 56.0 Å². The van der Waals surface area contributed by atoms with Crippen molar-refractivity contribution in [2.75, 3.05) is 13.7 Å². The van der Waals surface area contributed by atoms with E-state index in [0.717, 1.165) is 19.4 Å². The second-order valence-electron chi connectivity index (χ2n) is 4.69. The van der Waals surface area contributed by atoms with Gasteiger partial charge in [0.15, 0.2) is 0 Å². The van der Waals surface area contributed by atoms with Gasteiger partial charge >= 0.3 is 0 Å². The highest BCUT2D eigenvalue weighted by atomic mass is 16.5. The van der Waals surface area contributed by atoms with E-state index >= 15 is 0 Å². The van der Waals surface area contributed by atoms with E-state index in [9.17, 15) is 0 Å². The number of hydrogen-bond donors (Lipinski definition) is 1. The number of rotatable bonds is 3. The van der Waals surface area contributed by atoms with Gasteiger partial charge in [-0.2, -0.15) is 0 Å². The summed E-state index contributed by atoms with van der Waals surface area (Å²) in [6.07, 6.45) is 4.19. The molecule has 17 heavy (non-hydrogen) atoms. The number of nitrogens with one attached hydrogen (secondary N) is 1. The van der Waals surface area contributed by atoms with Crippen LogP contribution in [-0.2, 0) is 4.74 Å². The van der Waals surface area contributed by atoms with Crippen LogP contribution in [0.4, 0.5) is 0 Å². The monoisotopic (exact) mass is 231 g/mol. The summed E-state index contributed by atoms with van der Waals surface area (Å²) in [5.74, 6) is 0. The molecule has 0 saturated heterocycles. The van der Waals surface area contributed by atoms with E-state index in [4.69, 9.17) is 4.74 Å². The third-order valence-electron chi connectivity index (χ3n) is 3.45. The molecule has 2 nitrogen and oxygen atoms in total. The number of benzene rings is 1. The zero-order valence-electron chi connectivity index (χ0n) is 10.9. The van der Waals surface area contributed by atoms with E-state index in [1.165, 1.54) is 22.3 Å². The zero-order valence-corrected chi connectivity index (χ0v) is 10.9. The lowest BCUT2D eigenvalue weighted by atomic mass is 9.89. The van der Waals surface area contributed by atoms with Gasteiger partial charge in [0, 0.05) is 0 Å². The topological polar surface area (TPSA) is 21.3 Å². The van der Waals surface area contributed by atoms with Crippen LogP contribution in [0.5, 0.6) is 0 Å². The van der Waals surface area contributed by atoms with Crippen LogP contribution in [-0.4, -0.2) is 13.7 Å². The highest BCUT2D eigenvalue weighted by molar-refractivity contribution is 5.40. The van der Waals surface area contributed by atoms with Crippen LogP contribution in [0.3, 0.4) is 0 Å². The molecule has 1 N–H and O–H groups in total. The first-order chi connectivity index (χ1) is 8.24. The molecular formula is C15H21NO. The lowest BCUT2D eigenvalue weighted by Crippen LogP contribution is -2.22. The van der Waals surface area contributed by atoms with Crippen molar-refractivity contribution in [1.29, 1.82) is 0 Å². The summed E-state index contributed by atoms with van der Waals surface area (Å²) in [6, 6.07) is 6.76. The van der Waals surface area contributed by atoms with Crippen LogP contribution in [0.1, 0.15) is 35.6 Å². The lowest BCUT2D eigenvalue weighted by molar-refractivity contribution is 0.220. The predicted molar refractivity (Wildman–Crippen MR) is 71.0 cm³/mol. The normalized spacial score (nSPS) is 17.2. The van der Waals surface area contributed by atoms with Crippen molar-refractivity contribution in [2.45, 2.75) is 32.7 Å². The molecule has 1 heterocycles. The third kappa shape index (κ3) is 2.52. The Kier molecular flexibility index (Phi) is 3.85. The Morgan fingerprint density at radius 1 is 1.24 bits per heavy atom. The Morgan fingerprint density at radius 3 is 2.47 bits per heavy atom. The molecule has 2 heteroatoms. The van der Waals surface area contributed by atoms with Gasteiger partial charge in [0.2, 0.25) is 0 Å². The average Bonchev–Trinajstić information content (AvgIpc) is 2.35. The summed E-state index contributed by atoms with van der Waals surface area (Å²) in [4.78, 5) is 0. The Labute approximate surface area is 104 Å². The molecule has 0 bridgehead atoms. The lowest BCUT2D eigenvalue weighted by Gasteiger charge is -2.26. The first-order valence-corrected chi connectivity index (χ1v) is 6.28. The van der Waals surface area contributed by atoms with Gasteiger partial charge in [-0.1, -0.05) is 18.2 Å². The first-order valence-electron chi connectivity index (χ1n) is 6.28. The summed E-state index contributed by atoms with van der Waals surface area (Å²) in [5.41, 5.74) is 5.44. The van der Waals surface area contributed by atoms with E-state index in [2.05, 4.69) is 37.4 Å². The van der Waals surface area contributed by atoms with E-state index < -0.39 is 0 Å². The van der Waals surface area contributed by atoms with Crippen LogP contribution in [0.25, 0.3) is 0 Å². The minimum absolute atomic E-state index is 0.288. The number of hydrogen-bond acceptors (Lipinski definition) is 2. The Bertz CT molecular complexity index is 403. The molecule has 0 fully saturated rings. The van der Waals surface area contributed by atoms with Crippen LogP contribution < -0.4 is 5.32 Å². The molecular weight excluding hydrogens is 210 g/mol. The van der Waals surface area contributed by atoms with Gasteiger partial charge < -0.3 is 10.1 Å². The molecule has 2 rings (SSSR count). The van der Waals surface area contributed by atoms with Crippen molar-refractivity contribution < 1.29 is 4.74 Å². The predicted octanol–water partition coefficient (Wildman–Crippen LogP) is 3.26. The second-order valence-corrected chi connectivity index (χ2v) is 4.69. The average molecular weight is 231 g/mol. The molecule has 0 saturated carbocycles. The minimum Gasteiger partial charge on any atom is -0.501 e. The van der Waals surface area contributed by atoms with Gasteiger partial charge in [0.1, 0.15) is 0 Å². The van der Waals surface area contributed by atoms with Gasteiger partial charge in [-0.15, -0.1) is 0 Å². The maximum atomic E-state index is 5.46. The smallest absolute Gasteiger partial charge is 0.0876 e. The summed E-state index contributed by atoms with van der Waals surface area (Å²) in [6.45, 7) is 5.21. The van der Waals surface area contributed by atoms with Gasteiger partial charge in [-0.3, -0.25) is 0 Å². The number of aryl methyl sites for hydroxylation is 2. The van der Waals surface area contributed by atoms with E-state index in [1.807, 2.05) is 13.3 Å². The quantitative estimate of drug-likeness (QED) is 0.862. The van der Waals surface area contributed by atoms with Gasteiger partial charge in [0.25, 0.3) is 0 Å². The molecule has 1 aliphatic heterocycles. The fraction of sp³-hybridized carbons (Fsp3) is 0.467. The van der Waals surface area contributed by atoms with Crippen molar-refractivity contribution in [3.8, 4) is 0 Å². The molecule has 1 aromatic rings. The van der Waals surface area contributed by atoms with Crippen molar-refractivity contribution in [1.82, 2.24) is 5.32 Å². The van der Waals surface area contributed by atoms with Crippen LogP contribution in [0.15, 0.2) is 30.0 Å². The summed E-state index contributed by atoms with van der Waals surface area (Å²) in [5, 5.41) is 3.42. The van der Waals surface area contributed by atoms with Crippen molar-refractivity contribution in [3.05, 3.63) is 46.7 Å². The maximum absolute atomic E-state index is 5.46. The molecule has 1 aromatic carbocycles. The molecule has 0 aliphatic carbocycles. The summed E-state index contributed by atoms with van der Waals surface area (Å²) in [7, 11) is 2.02. The molecule has 1 unspecified atom stereocenters. The van der Waals surface area contributed by atoms with Crippen molar-refractivity contribution >= 4 is 0 Å². The highest BCUT2D eigenvalue weighted by Gasteiger charge is 2.20. The Balaban J connectivity index is 2.38. The summed E-state index contributed by atoms with van der Waals surface area (Å²) < 4.78 is 5.46. The fourth-order valence-electron chi connectivity index (χ4n) is 2.59. The Morgan fingerprint density at radius 2 is 1.94 bits per heavy atom. The van der Waals surface area contributed by atoms with E-state index in [0.29, 0.717) is 0 Å². The number of likely N-dealkylation sites (N-methyl/N-ethyl adjacent to an activating group) is 1. The minimum atomic E-state index is 0.288. The molecule has 0 radical (unpaired) electrons. The molecule has 0 aromatic heterocycles. The molecule has 0 amide bonds. The zero-order chi connectivity index (χ0) is 12.3. The van der Waals surface area contributed by atoms with Crippen LogP contribution in [0, 0.1) is 13.8 Å². The molecule has 1 atom stereocenters. The van der Waals surface area contributed by atoms with Crippen LogP contribution >= 0.6 is 0 Å². The second kappa shape index (κ2) is 5.37. The van der Waals surface area contributed by atoms with Crippen molar-refractivity contribution in [2.24, 2.45) is 0 Å². The van der Waals surface area contributed by atoms with Crippen LogP contribution in [0.2, 0.25) is 0 Å². The molecule has 0 spiro atoms. The fourth-order valence-corrected chi connectivity index (χ4v) is 2.59. The van der Waals surface area contributed by atoms with Gasteiger partial charge in [0.05, 0.1) is 18.9 Å². The largest absolute Gasteiger partial charge is 0.501 e. The highest BCUT2D eigenvalue weighted by Crippen LogP contribution is 2.31. The summed E-state index contributed by atoms with van der Waals surface area (Å²) >= 11 is 0. The first kappa shape index (κ1) is 12.2. The van der Waals surface area contributed by atoms with E-state index in [1.54, 1.807) is 0 Å². The van der Waals surface area contributed by atoms with Gasteiger partial charge in [-0.25, -0.2) is 0 Å². The van der Waals surface area contributed by atoms with Crippen molar-refractivity contribution in [3.63, 3.8) is 0 Å². The molecule has 92 valence electrons. The molecule has 1 aliphatic rings. The maximum Gasteiger partial charge on any atom is 0.0876 e. The Hall–Kier alpha value is -1.28. The van der Waals surface area contributed by atoms with E-state index in [-0.39, 0.29) is 6.04 Å². The number of ether oxygens (including phenoxy) is 1.